The normalized spacial score (nSPS) is 12.0. The summed E-state index contributed by atoms with van der Waals surface area (Å²) < 4.78 is 158. The molecule has 0 saturated carbocycles. The third kappa shape index (κ3) is 12.4. The van der Waals surface area contributed by atoms with E-state index in [1.807, 2.05) is 10.6 Å². The number of rotatable bonds is 6. The van der Waals surface area contributed by atoms with Gasteiger partial charge in [0.2, 0.25) is 11.6 Å². The monoisotopic (exact) mass is 1140 g/mol. The lowest BCUT2D eigenvalue weighted by Crippen LogP contribution is -2.21. The summed E-state index contributed by atoms with van der Waals surface area (Å²) in [5.41, 5.74) is -6.90. The summed E-state index contributed by atoms with van der Waals surface area (Å²) in [6.07, 6.45) is -20.2. The molecule has 2 aromatic heterocycles. The first-order chi connectivity index (χ1) is 28.7. The average Bonchev–Trinajstić information content (AvgIpc) is 3.88. The quantitative estimate of drug-likeness (QED) is 0.0888. The minimum Gasteiger partial charge on any atom is -0.308 e. The largest absolute Gasteiger partial charge is 0.416 e. The van der Waals surface area contributed by atoms with Crippen LogP contribution in [-0.2, 0) is 24.7 Å². The molecule has 4 aromatic carbocycles. The van der Waals surface area contributed by atoms with Gasteiger partial charge in [0.1, 0.15) is 0 Å². The van der Waals surface area contributed by atoms with Gasteiger partial charge in [0.25, 0.3) is 0 Å². The van der Waals surface area contributed by atoms with Gasteiger partial charge in [0.15, 0.2) is 0 Å². The van der Waals surface area contributed by atoms with Crippen LogP contribution in [0.5, 0.6) is 0 Å². The van der Waals surface area contributed by atoms with Crippen LogP contribution in [0.25, 0.3) is 22.8 Å². The average molecular weight is 1150 g/mol. The molecule has 0 bridgehead atoms. The van der Waals surface area contributed by atoms with Gasteiger partial charge in [-0.15, -0.1) is 20.4 Å². The zero-order chi connectivity index (χ0) is 45.9. The van der Waals surface area contributed by atoms with E-state index in [1.54, 1.807) is 12.1 Å². The standard InChI is InChI=1S/2C16H8Br2F6N6O/c2*17-8-4-10(13-27-29-30-28-13)12(11(18)5-8)26-14(31)25-9-2-6(15(19,20)21)1-7(3-9)16(22,23)24/h2*1-5H,(H2,25,26,31)(H,27,28,29,30). The molecule has 0 atom stereocenters. The lowest BCUT2D eigenvalue weighted by Gasteiger charge is -2.16. The molecule has 0 saturated heterocycles. The Bertz CT molecular complexity index is 2350. The molecule has 14 nitrogen and oxygen atoms in total. The highest BCUT2D eigenvalue weighted by atomic mass is 79.9. The van der Waals surface area contributed by atoms with Crippen LogP contribution in [-0.4, -0.2) is 53.3 Å². The Labute approximate surface area is 369 Å². The van der Waals surface area contributed by atoms with Crippen molar-refractivity contribution >= 4 is 98.5 Å². The fourth-order valence-corrected chi connectivity index (χ4v) is 7.56. The first-order valence-corrected chi connectivity index (χ1v) is 19.1. The summed E-state index contributed by atoms with van der Waals surface area (Å²) in [5.74, 6) is 0.159. The van der Waals surface area contributed by atoms with Crippen LogP contribution in [0.3, 0.4) is 0 Å². The molecule has 0 fully saturated rings. The van der Waals surface area contributed by atoms with Gasteiger partial charge in [-0.1, -0.05) is 31.9 Å². The molecule has 0 aliphatic heterocycles. The van der Waals surface area contributed by atoms with Crippen LogP contribution in [0.2, 0.25) is 0 Å². The van der Waals surface area contributed by atoms with Crippen molar-refractivity contribution in [2.24, 2.45) is 0 Å². The molecule has 62 heavy (non-hydrogen) atoms. The Morgan fingerprint density at radius 2 is 0.758 bits per heavy atom. The van der Waals surface area contributed by atoms with E-state index < -0.39 is 70.4 Å². The van der Waals surface area contributed by atoms with Gasteiger partial charge >= 0.3 is 36.8 Å². The van der Waals surface area contributed by atoms with Crippen LogP contribution < -0.4 is 21.3 Å². The van der Waals surface area contributed by atoms with Gasteiger partial charge in [-0.25, -0.2) is 9.59 Å². The van der Waals surface area contributed by atoms with E-state index in [0.29, 0.717) is 42.2 Å². The number of carbonyl (C=O) groups is 2. The fraction of sp³-hybridized carbons (Fsp3) is 0.125. The Hall–Kier alpha value is -5.36. The number of aromatic nitrogens is 8. The smallest absolute Gasteiger partial charge is 0.308 e. The Morgan fingerprint density at radius 1 is 0.452 bits per heavy atom. The highest BCUT2D eigenvalue weighted by Gasteiger charge is 2.38. The number of halogens is 16. The molecule has 6 aromatic rings. The number of carbonyl (C=O) groups excluding carboxylic acids is 2. The number of hydrogen-bond acceptors (Lipinski definition) is 8. The van der Waals surface area contributed by atoms with Crippen molar-refractivity contribution in [3.63, 3.8) is 0 Å². The van der Waals surface area contributed by atoms with Crippen LogP contribution in [0.15, 0.2) is 78.6 Å². The Kier molecular flexibility index (Phi) is 14.3. The van der Waals surface area contributed by atoms with Gasteiger partial charge in [0, 0.05) is 40.4 Å². The molecule has 0 spiro atoms. The van der Waals surface area contributed by atoms with Crippen molar-refractivity contribution in [3.05, 3.63) is 101 Å². The number of nitrogens with zero attached hydrogens (tertiary/aromatic N) is 6. The van der Waals surface area contributed by atoms with Gasteiger partial charge < -0.3 is 21.3 Å². The summed E-state index contributed by atoms with van der Waals surface area (Å²) in [4.78, 5) is 24.8. The second-order valence-electron chi connectivity index (χ2n) is 11.8. The summed E-state index contributed by atoms with van der Waals surface area (Å²) in [5, 5.41) is 35.1. The van der Waals surface area contributed by atoms with Crippen LogP contribution in [0, 0.1) is 0 Å². The minimum atomic E-state index is -5.05. The SMILES string of the molecule is O=C(Nc1cc(C(F)(F)F)cc(C(F)(F)F)c1)Nc1c(Br)cc(Br)cc1-c1nn[nH]n1.O=C(Nc1cc(C(F)(F)F)cc(C(F)(F)F)c1)Nc1c(Br)cc(Br)cc1-c1nn[nH]n1. The van der Waals surface area contributed by atoms with Gasteiger partial charge in [-0.2, -0.15) is 63.1 Å². The molecule has 30 heteroatoms. The maximum Gasteiger partial charge on any atom is 0.416 e. The van der Waals surface area contributed by atoms with Crippen LogP contribution in [0.4, 0.5) is 85.0 Å². The number of nitrogens with one attached hydrogen (secondary N) is 6. The zero-order valence-corrected chi connectivity index (χ0v) is 35.7. The van der Waals surface area contributed by atoms with E-state index in [9.17, 15) is 62.3 Å². The number of H-pyrrole nitrogens is 2. The predicted octanol–water partition coefficient (Wildman–Crippen LogP) is 12.1. The van der Waals surface area contributed by atoms with Crippen LogP contribution in [0.1, 0.15) is 22.3 Å². The molecule has 6 rings (SSSR count). The van der Waals surface area contributed by atoms with Crippen molar-refractivity contribution in [2.75, 3.05) is 21.3 Å². The highest BCUT2D eigenvalue weighted by molar-refractivity contribution is 9.11. The number of urea groups is 2. The Balaban J connectivity index is 0.000000234. The summed E-state index contributed by atoms with van der Waals surface area (Å²) >= 11 is 12.9. The van der Waals surface area contributed by atoms with E-state index in [1.165, 1.54) is 12.1 Å². The van der Waals surface area contributed by atoms with Crippen molar-refractivity contribution in [3.8, 4) is 22.8 Å². The van der Waals surface area contributed by atoms with E-state index in [4.69, 9.17) is 0 Å². The number of benzene rings is 4. The molecule has 0 aliphatic carbocycles. The molecule has 4 amide bonds. The minimum absolute atomic E-state index is 0.0389. The number of tetrazole rings is 2. The lowest BCUT2D eigenvalue weighted by atomic mass is 10.1. The maximum absolute atomic E-state index is 13.0. The lowest BCUT2D eigenvalue weighted by molar-refractivity contribution is -0.144. The number of alkyl halides is 12. The number of aromatic amines is 2. The first-order valence-electron chi connectivity index (χ1n) is 15.9. The molecule has 0 aliphatic rings. The van der Waals surface area contributed by atoms with E-state index in [0.717, 1.165) is 0 Å². The molecule has 328 valence electrons. The molecular formula is C32H16Br4F12N12O2. The van der Waals surface area contributed by atoms with Crippen molar-refractivity contribution in [1.29, 1.82) is 0 Å². The number of anilines is 4. The first kappa shape index (κ1) is 47.7. The molecular weight excluding hydrogens is 1130 g/mol. The van der Waals surface area contributed by atoms with E-state index in [-0.39, 0.29) is 46.3 Å². The van der Waals surface area contributed by atoms with Gasteiger partial charge in [-0.05, 0) is 103 Å². The molecule has 0 unspecified atom stereocenters. The summed E-state index contributed by atoms with van der Waals surface area (Å²) in [6.45, 7) is 0. The summed E-state index contributed by atoms with van der Waals surface area (Å²) in [7, 11) is 0. The number of amides is 4. The van der Waals surface area contributed by atoms with Crippen molar-refractivity contribution in [1.82, 2.24) is 41.2 Å². The Morgan fingerprint density at radius 3 is 1.02 bits per heavy atom. The van der Waals surface area contributed by atoms with E-state index in [2.05, 4.69) is 116 Å². The van der Waals surface area contributed by atoms with Crippen molar-refractivity contribution in [2.45, 2.75) is 24.7 Å². The second kappa shape index (κ2) is 18.5. The third-order valence-electron chi connectivity index (χ3n) is 7.45. The number of hydrogen-bond donors (Lipinski definition) is 6. The zero-order valence-electron chi connectivity index (χ0n) is 29.3. The third-order valence-corrected chi connectivity index (χ3v) is 9.62. The predicted molar refractivity (Wildman–Crippen MR) is 208 cm³/mol. The molecule has 2 heterocycles. The fourth-order valence-electron chi connectivity index (χ4n) is 4.91. The topological polar surface area (TPSA) is 191 Å². The van der Waals surface area contributed by atoms with E-state index >= 15 is 0 Å². The van der Waals surface area contributed by atoms with Gasteiger partial charge in [-0.3, -0.25) is 0 Å². The van der Waals surface area contributed by atoms with Crippen LogP contribution >= 0.6 is 63.7 Å². The maximum atomic E-state index is 13.0. The summed E-state index contributed by atoms with van der Waals surface area (Å²) in [6, 6.07) is 5.45. The van der Waals surface area contributed by atoms with Gasteiger partial charge in [0.05, 0.1) is 33.6 Å². The highest BCUT2D eigenvalue weighted by Crippen LogP contribution is 2.41. The van der Waals surface area contributed by atoms with Crippen molar-refractivity contribution < 1.29 is 62.3 Å². The second-order valence-corrected chi connectivity index (χ2v) is 15.4. The molecule has 0 radical (unpaired) electrons. The molecule has 6 N–H and O–H groups in total.